The molecular formula is C15H9F3N2O. The van der Waals surface area contributed by atoms with Gasteiger partial charge < -0.3 is 5.11 Å². The van der Waals surface area contributed by atoms with Crippen LogP contribution < -0.4 is 0 Å². The molecule has 3 rings (SSSR count). The molecule has 2 heterocycles. The molecule has 0 atom stereocenters. The van der Waals surface area contributed by atoms with Gasteiger partial charge >= 0.3 is 6.18 Å². The van der Waals surface area contributed by atoms with Crippen LogP contribution in [0.4, 0.5) is 13.2 Å². The predicted molar refractivity (Wildman–Crippen MR) is 71.6 cm³/mol. The van der Waals surface area contributed by atoms with Crippen molar-refractivity contribution in [3.63, 3.8) is 0 Å². The van der Waals surface area contributed by atoms with E-state index in [-0.39, 0.29) is 11.1 Å². The summed E-state index contributed by atoms with van der Waals surface area (Å²) in [5, 5.41) is 10.6. The molecule has 3 nitrogen and oxygen atoms in total. The molecule has 0 bridgehead atoms. The van der Waals surface area contributed by atoms with Crippen molar-refractivity contribution in [3.05, 3.63) is 54.4 Å². The van der Waals surface area contributed by atoms with E-state index in [1.165, 1.54) is 36.7 Å². The summed E-state index contributed by atoms with van der Waals surface area (Å²) in [5.74, 6) is -0.452. The highest BCUT2D eigenvalue weighted by Crippen LogP contribution is 2.40. The van der Waals surface area contributed by atoms with Crippen molar-refractivity contribution >= 4 is 10.9 Å². The number of pyridine rings is 2. The van der Waals surface area contributed by atoms with Crippen LogP contribution in [0.25, 0.3) is 22.0 Å². The van der Waals surface area contributed by atoms with Gasteiger partial charge in [0.1, 0.15) is 0 Å². The summed E-state index contributed by atoms with van der Waals surface area (Å²) in [5.41, 5.74) is -0.450. The van der Waals surface area contributed by atoms with Crippen LogP contribution in [0.15, 0.2) is 48.8 Å². The Morgan fingerprint density at radius 1 is 1.00 bits per heavy atom. The zero-order valence-electron chi connectivity index (χ0n) is 10.6. The second kappa shape index (κ2) is 4.73. The van der Waals surface area contributed by atoms with Crippen LogP contribution in [0.3, 0.4) is 0 Å². The molecule has 0 aliphatic carbocycles. The zero-order chi connectivity index (χ0) is 15.0. The van der Waals surface area contributed by atoms with E-state index in [2.05, 4.69) is 9.97 Å². The van der Waals surface area contributed by atoms with Gasteiger partial charge in [0, 0.05) is 17.1 Å². The van der Waals surface area contributed by atoms with E-state index in [0.717, 1.165) is 6.07 Å². The minimum Gasteiger partial charge on any atom is -0.493 e. The number of aromatic hydroxyl groups is 1. The maximum Gasteiger partial charge on any atom is 0.417 e. The van der Waals surface area contributed by atoms with Crippen molar-refractivity contribution < 1.29 is 18.3 Å². The fraction of sp³-hybridized carbons (Fsp3) is 0.0667. The highest BCUT2D eigenvalue weighted by molar-refractivity contribution is 5.86. The molecule has 0 radical (unpaired) electrons. The third-order valence-electron chi connectivity index (χ3n) is 3.12. The lowest BCUT2D eigenvalue weighted by molar-refractivity contribution is -0.137. The Bertz CT molecular complexity index is 815. The predicted octanol–water partition coefficient (Wildman–Crippen LogP) is 4.02. The van der Waals surface area contributed by atoms with Gasteiger partial charge in [-0.15, -0.1) is 0 Å². The molecule has 0 unspecified atom stereocenters. The van der Waals surface area contributed by atoms with Crippen molar-refractivity contribution in [2.24, 2.45) is 0 Å². The molecule has 0 fully saturated rings. The van der Waals surface area contributed by atoms with Crippen molar-refractivity contribution in [1.29, 1.82) is 0 Å². The fourth-order valence-electron chi connectivity index (χ4n) is 2.17. The van der Waals surface area contributed by atoms with Crippen LogP contribution in [0.5, 0.6) is 5.88 Å². The van der Waals surface area contributed by atoms with E-state index < -0.39 is 17.6 Å². The number of hydrogen-bond donors (Lipinski definition) is 1. The van der Waals surface area contributed by atoms with Crippen molar-refractivity contribution in [1.82, 2.24) is 9.97 Å². The molecule has 0 saturated heterocycles. The summed E-state index contributed by atoms with van der Waals surface area (Å²) >= 11 is 0. The third-order valence-corrected chi connectivity index (χ3v) is 3.12. The van der Waals surface area contributed by atoms with Crippen LogP contribution >= 0.6 is 0 Å². The number of halogens is 3. The van der Waals surface area contributed by atoms with Gasteiger partial charge in [-0.05, 0) is 23.8 Å². The molecule has 2 aromatic heterocycles. The maximum absolute atomic E-state index is 13.1. The molecule has 1 aromatic carbocycles. The van der Waals surface area contributed by atoms with Gasteiger partial charge in [0.25, 0.3) is 0 Å². The second-order valence-electron chi connectivity index (χ2n) is 4.47. The maximum atomic E-state index is 13.1. The smallest absolute Gasteiger partial charge is 0.417 e. The van der Waals surface area contributed by atoms with Gasteiger partial charge in [-0.1, -0.05) is 18.2 Å². The van der Waals surface area contributed by atoms with Crippen LogP contribution in [-0.4, -0.2) is 15.1 Å². The summed E-state index contributed by atoms with van der Waals surface area (Å²) in [7, 11) is 0. The zero-order valence-corrected chi connectivity index (χ0v) is 10.6. The average Bonchev–Trinajstić information content (AvgIpc) is 2.45. The molecule has 0 aliphatic heterocycles. The van der Waals surface area contributed by atoms with E-state index in [0.29, 0.717) is 10.9 Å². The molecule has 21 heavy (non-hydrogen) atoms. The van der Waals surface area contributed by atoms with E-state index in [1.54, 1.807) is 6.07 Å². The Hall–Kier alpha value is -2.63. The standard InChI is InChI=1S/C15H9F3N2O/c16-15(17,18)12-4-2-1-3-10(12)11-7-9-5-6-19-8-13(9)20-14(11)21/h1-8H,(H,20,21). The fourth-order valence-corrected chi connectivity index (χ4v) is 2.17. The number of benzene rings is 1. The SMILES string of the molecule is Oc1nc2cnccc2cc1-c1ccccc1C(F)(F)F. The number of alkyl halides is 3. The van der Waals surface area contributed by atoms with Crippen molar-refractivity contribution in [2.45, 2.75) is 6.18 Å². The number of rotatable bonds is 1. The molecule has 0 aliphatic rings. The quantitative estimate of drug-likeness (QED) is 0.736. The summed E-state index contributed by atoms with van der Waals surface area (Å²) in [6, 6.07) is 8.19. The highest BCUT2D eigenvalue weighted by Gasteiger charge is 2.34. The first-order valence-electron chi connectivity index (χ1n) is 6.07. The Balaban J connectivity index is 2.28. The van der Waals surface area contributed by atoms with Crippen LogP contribution in [0, 0.1) is 0 Å². The first-order valence-corrected chi connectivity index (χ1v) is 6.07. The Morgan fingerprint density at radius 2 is 1.76 bits per heavy atom. The van der Waals surface area contributed by atoms with Gasteiger partial charge in [-0.2, -0.15) is 13.2 Å². The lowest BCUT2D eigenvalue weighted by atomic mass is 9.99. The molecule has 1 N–H and O–H groups in total. The average molecular weight is 290 g/mol. The largest absolute Gasteiger partial charge is 0.493 e. The molecule has 6 heteroatoms. The van der Waals surface area contributed by atoms with Crippen LogP contribution in [-0.2, 0) is 6.18 Å². The minimum atomic E-state index is -4.50. The summed E-state index contributed by atoms with van der Waals surface area (Å²) in [4.78, 5) is 7.76. The monoisotopic (exact) mass is 290 g/mol. The van der Waals surface area contributed by atoms with Gasteiger partial charge in [0.05, 0.1) is 17.3 Å². The number of fused-ring (bicyclic) bond motifs is 1. The summed E-state index contributed by atoms with van der Waals surface area (Å²) in [6.45, 7) is 0. The minimum absolute atomic E-state index is 0.0432. The van der Waals surface area contributed by atoms with Crippen molar-refractivity contribution in [2.75, 3.05) is 0 Å². The normalized spacial score (nSPS) is 11.8. The first-order chi connectivity index (χ1) is 9.97. The lowest BCUT2D eigenvalue weighted by Crippen LogP contribution is -2.07. The lowest BCUT2D eigenvalue weighted by Gasteiger charge is -2.13. The Morgan fingerprint density at radius 3 is 2.52 bits per heavy atom. The molecule has 3 aromatic rings. The third kappa shape index (κ3) is 2.40. The van der Waals surface area contributed by atoms with Gasteiger partial charge in [-0.25, -0.2) is 4.98 Å². The van der Waals surface area contributed by atoms with Crippen LogP contribution in [0.1, 0.15) is 5.56 Å². The van der Waals surface area contributed by atoms with E-state index in [1.807, 2.05) is 0 Å². The van der Waals surface area contributed by atoms with E-state index in [9.17, 15) is 18.3 Å². The molecule has 0 spiro atoms. The highest BCUT2D eigenvalue weighted by atomic mass is 19.4. The molecule has 0 saturated carbocycles. The molecule has 0 amide bonds. The van der Waals surface area contributed by atoms with Crippen molar-refractivity contribution in [3.8, 4) is 17.0 Å². The summed E-state index contributed by atoms with van der Waals surface area (Å²) < 4.78 is 39.2. The number of nitrogens with zero attached hydrogens (tertiary/aromatic N) is 2. The summed E-state index contributed by atoms with van der Waals surface area (Å²) in [6.07, 6.45) is -1.55. The topological polar surface area (TPSA) is 46.0 Å². The molecular weight excluding hydrogens is 281 g/mol. The Labute approximate surface area is 117 Å². The van der Waals surface area contributed by atoms with E-state index >= 15 is 0 Å². The number of aromatic nitrogens is 2. The van der Waals surface area contributed by atoms with Gasteiger partial charge in [0.2, 0.25) is 5.88 Å². The molecule has 106 valence electrons. The van der Waals surface area contributed by atoms with E-state index in [4.69, 9.17) is 0 Å². The second-order valence-corrected chi connectivity index (χ2v) is 4.47. The first kappa shape index (κ1) is 13.4. The number of hydrogen-bond acceptors (Lipinski definition) is 3. The van der Waals surface area contributed by atoms with Gasteiger partial charge in [-0.3, -0.25) is 4.98 Å². The Kier molecular flexibility index (Phi) is 3.01. The van der Waals surface area contributed by atoms with Gasteiger partial charge in [0.15, 0.2) is 0 Å². The van der Waals surface area contributed by atoms with Crippen LogP contribution in [0.2, 0.25) is 0 Å².